The molecule has 1 heterocycles. The van der Waals surface area contributed by atoms with Gasteiger partial charge in [0.05, 0.1) is 3.79 Å². The van der Waals surface area contributed by atoms with E-state index in [-0.39, 0.29) is 11.5 Å². The third kappa shape index (κ3) is 3.15. The quantitative estimate of drug-likeness (QED) is 0.826. The van der Waals surface area contributed by atoms with E-state index in [9.17, 15) is 8.42 Å². The Hall–Kier alpha value is 0.0900. The van der Waals surface area contributed by atoms with E-state index in [1.54, 1.807) is 13.1 Å². The number of hydrogen-bond acceptors (Lipinski definition) is 3. The highest BCUT2D eigenvalue weighted by Crippen LogP contribution is 2.34. The van der Waals surface area contributed by atoms with Gasteiger partial charge in [-0.25, -0.2) is 8.42 Å². The SMILES string of the molecule is Cc1cc(S(=O)(=O)N(C)C(C)C(C)(C)C)sc1Br. The van der Waals surface area contributed by atoms with Crippen molar-refractivity contribution < 1.29 is 8.42 Å². The van der Waals surface area contributed by atoms with Gasteiger partial charge in [0.25, 0.3) is 10.0 Å². The lowest BCUT2D eigenvalue weighted by Gasteiger charge is -2.34. The van der Waals surface area contributed by atoms with Gasteiger partial charge in [-0.1, -0.05) is 20.8 Å². The molecule has 0 N–H and O–H groups in total. The third-order valence-electron chi connectivity index (χ3n) is 3.27. The molecular weight excluding hydrogens is 334 g/mol. The molecule has 0 amide bonds. The smallest absolute Gasteiger partial charge is 0.206 e. The van der Waals surface area contributed by atoms with Crippen LogP contribution >= 0.6 is 27.3 Å². The van der Waals surface area contributed by atoms with E-state index in [1.807, 2.05) is 34.6 Å². The molecule has 0 fully saturated rings. The lowest BCUT2D eigenvalue weighted by atomic mass is 9.88. The summed E-state index contributed by atoms with van der Waals surface area (Å²) >= 11 is 4.63. The number of aryl methyl sites for hydroxylation is 1. The van der Waals surface area contributed by atoms with Gasteiger partial charge in [-0.15, -0.1) is 11.3 Å². The van der Waals surface area contributed by atoms with Crippen LogP contribution in [-0.4, -0.2) is 25.8 Å². The largest absolute Gasteiger partial charge is 0.252 e. The summed E-state index contributed by atoms with van der Waals surface area (Å²) in [6.45, 7) is 9.96. The average molecular weight is 354 g/mol. The van der Waals surface area contributed by atoms with E-state index < -0.39 is 10.0 Å². The molecular formula is C12H20BrNO2S2. The molecule has 0 saturated heterocycles. The van der Waals surface area contributed by atoms with Gasteiger partial charge in [-0.2, -0.15) is 4.31 Å². The lowest BCUT2D eigenvalue weighted by Crippen LogP contribution is -2.42. The first-order valence-corrected chi connectivity index (χ1v) is 8.77. The summed E-state index contributed by atoms with van der Waals surface area (Å²) in [6, 6.07) is 1.65. The normalized spacial score (nSPS) is 15.1. The van der Waals surface area contributed by atoms with E-state index in [0.717, 1.165) is 9.35 Å². The number of sulfonamides is 1. The standard InChI is InChI=1S/C12H20BrNO2S2/c1-8-7-10(17-11(8)13)18(15,16)14(6)9(2)12(3,4)5/h7,9H,1-6H3. The highest BCUT2D eigenvalue weighted by molar-refractivity contribution is 9.11. The van der Waals surface area contributed by atoms with Crippen LogP contribution < -0.4 is 0 Å². The van der Waals surface area contributed by atoms with Gasteiger partial charge in [-0.3, -0.25) is 0 Å². The molecule has 0 aliphatic carbocycles. The molecule has 1 aromatic rings. The van der Waals surface area contributed by atoms with Crippen LogP contribution in [0.3, 0.4) is 0 Å². The molecule has 104 valence electrons. The van der Waals surface area contributed by atoms with Gasteiger partial charge in [0.15, 0.2) is 0 Å². The first-order valence-electron chi connectivity index (χ1n) is 5.72. The summed E-state index contributed by atoms with van der Waals surface area (Å²) < 4.78 is 27.7. The Bertz CT molecular complexity index is 509. The Kier molecular flexibility index (Phi) is 4.69. The van der Waals surface area contributed by atoms with Gasteiger partial charge < -0.3 is 0 Å². The predicted molar refractivity (Wildman–Crippen MR) is 80.6 cm³/mol. The van der Waals surface area contributed by atoms with Crippen molar-refractivity contribution in [2.24, 2.45) is 5.41 Å². The van der Waals surface area contributed by atoms with Crippen molar-refractivity contribution in [1.29, 1.82) is 0 Å². The zero-order chi connectivity index (χ0) is 14.3. The van der Waals surface area contributed by atoms with Crippen LogP contribution in [0.1, 0.15) is 33.3 Å². The van der Waals surface area contributed by atoms with E-state index in [0.29, 0.717) is 4.21 Å². The summed E-state index contributed by atoms with van der Waals surface area (Å²) in [7, 11) is -1.75. The minimum Gasteiger partial charge on any atom is -0.206 e. The molecule has 1 aromatic heterocycles. The molecule has 3 nitrogen and oxygen atoms in total. The van der Waals surface area contributed by atoms with E-state index in [1.165, 1.54) is 15.6 Å². The van der Waals surface area contributed by atoms with Crippen molar-refractivity contribution in [3.05, 3.63) is 15.4 Å². The summed E-state index contributed by atoms with van der Waals surface area (Å²) in [4.78, 5) is 0. The molecule has 0 aromatic carbocycles. The van der Waals surface area contributed by atoms with Crippen molar-refractivity contribution >= 4 is 37.3 Å². The summed E-state index contributed by atoms with van der Waals surface area (Å²) in [5.41, 5.74) is 0.862. The molecule has 1 unspecified atom stereocenters. The van der Waals surface area contributed by atoms with Crippen molar-refractivity contribution in [1.82, 2.24) is 4.31 Å². The Labute approximate surface area is 122 Å². The van der Waals surface area contributed by atoms with Crippen LogP contribution in [0, 0.1) is 12.3 Å². The first-order chi connectivity index (χ1) is 7.98. The number of hydrogen-bond donors (Lipinski definition) is 0. The van der Waals surface area contributed by atoms with Gasteiger partial charge in [0.1, 0.15) is 4.21 Å². The Morgan fingerprint density at radius 2 is 1.89 bits per heavy atom. The molecule has 0 spiro atoms. The van der Waals surface area contributed by atoms with Crippen molar-refractivity contribution in [2.45, 2.75) is 44.9 Å². The van der Waals surface area contributed by atoms with Crippen LogP contribution in [0.5, 0.6) is 0 Å². The average Bonchev–Trinajstić information content (AvgIpc) is 2.56. The molecule has 18 heavy (non-hydrogen) atoms. The fourth-order valence-corrected chi connectivity index (χ4v) is 5.41. The minimum atomic E-state index is -3.40. The van der Waals surface area contributed by atoms with Crippen molar-refractivity contribution in [2.75, 3.05) is 7.05 Å². The summed E-state index contributed by atoms with van der Waals surface area (Å²) in [5.74, 6) is 0. The molecule has 6 heteroatoms. The van der Waals surface area contributed by atoms with E-state index >= 15 is 0 Å². The second-order valence-electron chi connectivity index (χ2n) is 5.59. The van der Waals surface area contributed by atoms with Crippen LogP contribution in [-0.2, 0) is 10.0 Å². The number of thiophene rings is 1. The Balaban J connectivity index is 3.15. The zero-order valence-corrected chi connectivity index (χ0v) is 14.8. The lowest BCUT2D eigenvalue weighted by molar-refractivity contribution is 0.217. The fourth-order valence-electron chi connectivity index (χ4n) is 1.45. The predicted octanol–water partition coefficient (Wildman–Crippen LogP) is 3.87. The monoisotopic (exact) mass is 353 g/mol. The molecule has 0 radical (unpaired) electrons. The highest BCUT2D eigenvalue weighted by Gasteiger charge is 2.33. The minimum absolute atomic E-state index is 0.0660. The second-order valence-corrected chi connectivity index (χ2v) is 10.2. The molecule has 0 saturated carbocycles. The fraction of sp³-hybridized carbons (Fsp3) is 0.667. The van der Waals surface area contributed by atoms with Gasteiger partial charge in [0, 0.05) is 13.1 Å². The highest BCUT2D eigenvalue weighted by atomic mass is 79.9. The molecule has 1 rings (SSSR count). The van der Waals surface area contributed by atoms with Crippen LogP contribution in [0.15, 0.2) is 14.1 Å². The maximum absolute atomic E-state index is 12.5. The van der Waals surface area contributed by atoms with Gasteiger partial charge in [-0.05, 0) is 46.8 Å². The molecule has 1 atom stereocenters. The second kappa shape index (κ2) is 5.23. The Morgan fingerprint density at radius 1 is 1.39 bits per heavy atom. The Morgan fingerprint density at radius 3 is 2.22 bits per heavy atom. The maximum atomic E-state index is 12.5. The number of nitrogens with zero attached hydrogens (tertiary/aromatic N) is 1. The maximum Gasteiger partial charge on any atom is 0.252 e. The van der Waals surface area contributed by atoms with Crippen molar-refractivity contribution in [3.63, 3.8) is 0 Å². The van der Waals surface area contributed by atoms with Crippen LogP contribution in [0.2, 0.25) is 0 Å². The zero-order valence-electron chi connectivity index (χ0n) is 11.6. The molecule has 0 aliphatic heterocycles. The number of halogens is 1. The van der Waals surface area contributed by atoms with E-state index in [4.69, 9.17) is 0 Å². The van der Waals surface area contributed by atoms with Crippen LogP contribution in [0.25, 0.3) is 0 Å². The molecule has 0 bridgehead atoms. The van der Waals surface area contributed by atoms with Gasteiger partial charge >= 0.3 is 0 Å². The third-order valence-corrected chi connectivity index (χ3v) is 7.78. The molecule has 0 aliphatic rings. The van der Waals surface area contributed by atoms with Crippen LogP contribution in [0.4, 0.5) is 0 Å². The first kappa shape index (κ1) is 16.1. The number of rotatable bonds is 3. The van der Waals surface area contributed by atoms with Crippen molar-refractivity contribution in [3.8, 4) is 0 Å². The summed E-state index contributed by atoms with van der Waals surface area (Å²) in [6.07, 6.45) is 0. The van der Waals surface area contributed by atoms with E-state index in [2.05, 4.69) is 15.9 Å². The topological polar surface area (TPSA) is 37.4 Å². The van der Waals surface area contributed by atoms with Gasteiger partial charge in [0.2, 0.25) is 0 Å². The summed E-state index contributed by atoms with van der Waals surface area (Å²) in [5, 5.41) is 0.